The molecule has 0 aliphatic carbocycles. The number of halogens is 4. The largest absolute Gasteiger partial charge is 0.376 e. The predicted molar refractivity (Wildman–Crippen MR) is 72.5 cm³/mol. The van der Waals surface area contributed by atoms with Crippen LogP contribution >= 0.6 is 15.9 Å². The lowest BCUT2D eigenvalue weighted by Crippen LogP contribution is -2.10. The minimum Gasteiger partial charge on any atom is -0.376 e. The van der Waals surface area contributed by atoms with Crippen molar-refractivity contribution in [1.82, 2.24) is 0 Å². The van der Waals surface area contributed by atoms with E-state index in [1.165, 1.54) is 18.2 Å². The Morgan fingerprint density at radius 2 is 1.74 bits per heavy atom. The summed E-state index contributed by atoms with van der Waals surface area (Å²) in [6.45, 7) is 1.68. The van der Waals surface area contributed by atoms with Crippen LogP contribution in [-0.2, 0) is 0 Å². The fraction of sp³-hybridized carbons (Fsp3) is 0.143. The second-order valence-electron chi connectivity index (χ2n) is 4.16. The lowest BCUT2D eigenvalue weighted by atomic mass is 10.1. The second kappa shape index (κ2) is 5.65. The minimum absolute atomic E-state index is 0.255. The van der Waals surface area contributed by atoms with Gasteiger partial charge < -0.3 is 5.32 Å². The molecular formula is C14H11BrF3N. The minimum atomic E-state index is -0.657. The Balaban J connectivity index is 2.25. The van der Waals surface area contributed by atoms with Crippen molar-refractivity contribution in [3.8, 4) is 0 Å². The van der Waals surface area contributed by atoms with E-state index in [4.69, 9.17) is 0 Å². The smallest absolute Gasteiger partial charge is 0.146 e. The van der Waals surface area contributed by atoms with Gasteiger partial charge in [-0.15, -0.1) is 0 Å². The molecule has 100 valence electrons. The van der Waals surface area contributed by atoms with Crippen LogP contribution in [0.4, 0.5) is 18.9 Å². The number of benzene rings is 2. The van der Waals surface area contributed by atoms with Crippen molar-refractivity contribution < 1.29 is 13.2 Å². The molecule has 1 nitrogen and oxygen atoms in total. The van der Waals surface area contributed by atoms with E-state index in [9.17, 15) is 13.2 Å². The van der Waals surface area contributed by atoms with E-state index in [1.807, 2.05) is 0 Å². The van der Waals surface area contributed by atoms with Crippen molar-refractivity contribution in [2.45, 2.75) is 13.0 Å². The number of anilines is 1. The number of hydrogen-bond acceptors (Lipinski definition) is 1. The highest BCUT2D eigenvalue weighted by Gasteiger charge is 2.13. The molecule has 0 radical (unpaired) electrons. The Morgan fingerprint density at radius 1 is 1.00 bits per heavy atom. The zero-order valence-corrected chi connectivity index (χ0v) is 11.6. The lowest BCUT2D eigenvalue weighted by Gasteiger charge is -2.17. The molecule has 1 N–H and O–H groups in total. The van der Waals surface area contributed by atoms with Crippen LogP contribution in [0.2, 0.25) is 0 Å². The summed E-state index contributed by atoms with van der Waals surface area (Å²) in [5, 5.41) is 2.86. The van der Waals surface area contributed by atoms with E-state index in [0.717, 1.165) is 6.07 Å². The molecule has 0 spiro atoms. The van der Waals surface area contributed by atoms with Crippen LogP contribution in [0.5, 0.6) is 0 Å². The van der Waals surface area contributed by atoms with Crippen LogP contribution in [0.1, 0.15) is 18.5 Å². The Labute approximate surface area is 117 Å². The van der Waals surface area contributed by atoms with Gasteiger partial charge in [-0.2, -0.15) is 0 Å². The van der Waals surface area contributed by atoms with Gasteiger partial charge in [0, 0.05) is 16.1 Å². The maximum Gasteiger partial charge on any atom is 0.146 e. The fourth-order valence-corrected chi connectivity index (χ4v) is 2.13. The fourth-order valence-electron chi connectivity index (χ4n) is 1.77. The van der Waals surface area contributed by atoms with Crippen LogP contribution in [0.3, 0.4) is 0 Å². The Morgan fingerprint density at radius 3 is 2.42 bits per heavy atom. The first-order chi connectivity index (χ1) is 8.97. The second-order valence-corrected chi connectivity index (χ2v) is 5.07. The van der Waals surface area contributed by atoms with E-state index in [1.54, 1.807) is 19.1 Å². The topological polar surface area (TPSA) is 12.0 Å². The highest BCUT2D eigenvalue weighted by Crippen LogP contribution is 2.26. The van der Waals surface area contributed by atoms with Crippen LogP contribution in [-0.4, -0.2) is 0 Å². The number of rotatable bonds is 3. The van der Waals surface area contributed by atoms with Gasteiger partial charge in [-0.05, 0) is 31.2 Å². The van der Waals surface area contributed by atoms with Gasteiger partial charge in [0.05, 0.1) is 11.7 Å². The molecule has 0 heterocycles. The van der Waals surface area contributed by atoms with E-state index < -0.39 is 23.5 Å². The normalized spacial score (nSPS) is 12.3. The Bertz CT molecular complexity index is 601. The zero-order chi connectivity index (χ0) is 14.0. The van der Waals surface area contributed by atoms with Crippen LogP contribution in [0, 0.1) is 17.5 Å². The standard InChI is InChI=1S/C14H11BrF3N/c1-8(11-4-3-10(16)7-13(11)18)19-14-6-9(15)2-5-12(14)17/h2-8,19H,1H3. The number of nitrogens with one attached hydrogen (secondary N) is 1. The average Bonchev–Trinajstić information content (AvgIpc) is 2.33. The molecule has 0 amide bonds. The van der Waals surface area contributed by atoms with Gasteiger partial charge in [0.1, 0.15) is 17.5 Å². The third-order valence-corrected chi connectivity index (χ3v) is 3.22. The highest BCUT2D eigenvalue weighted by molar-refractivity contribution is 9.10. The van der Waals surface area contributed by atoms with Crippen molar-refractivity contribution in [2.75, 3.05) is 5.32 Å². The van der Waals surface area contributed by atoms with Gasteiger partial charge in [-0.1, -0.05) is 22.0 Å². The van der Waals surface area contributed by atoms with Crippen molar-refractivity contribution in [2.24, 2.45) is 0 Å². The van der Waals surface area contributed by atoms with Gasteiger partial charge >= 0.3 is 0 Å². The van der Waals surface area contributed by atoms with E-state index in [-0.39, 0.29) is 11.3 Å². The molecule has 0 saturated heterocycles. The van der Waals surface area contributed by atoms with Crippen molar-refractivity contribution >= 4 is 21.6 Å². The molecule has 2 rings (SSSR count). The number of hydrogen-bond donors (Lipinski definition) is 1. The summed E-state index contributed by atoms with van der Waals surface area (Å²) in [4.78, 5) is 0. The summed E-state index contributed by atoms with van der Waals surface area (Å²) in [5.41, 5.74) is 0.534. The van der Waals surface area contributed by atoms with Crippen LogP contribution in [0.15, 0.2) is 40.9 Å². The third kappa shape index (κ3) is 3.29. The first-order valence-electron chi connectivity index (χ1n) is 5.64. The van der Waals surface area contributed by atoms with E-state index >= 15 is 0 Å². The molecule has 1 unspecified atom stereocenters. The lowest BCUT2D eigenvalue weighted by molar-refractivity contribution is 0.565. The molecule has 5 heteroatoms. The van der Waals surface area contributed by atoms with Gasteiger partial charge in [0.2, 0.25) is 0 Å². The maximum atomic E-state index is 13.6. The van der Waals surface area contributed by atoms with E-state index in [2.05, 4.69) is 21.2 Å². The molecule has 1 atom stereocenters. The van der Waals surface area contributed by atoms with Crippen molar-refractivity contribution in [3.63, 3.8) is 0 Å². The third-order valence-electron chi connectivity index (χ3n) is 2.73. The SMILES string of the molecule is CC(Nc1cc(Br)ccc1F)c1ccc(F)cc1F. The van der Waals surface area contributed by atoms with E-state index in [0.29, 0.717) is 4.47 Å². The molecule has 0 bridgehead atoms. The molecular weight excluding hydrogens is 319 g/mol. The molecule has 0 saturated carbocycles. The van der Waals surface area contributed by atoms with Crippen molar-refractivity contribution in [3.05, 3.63) is 63.9 Å². The molecule has 19 heavy (non-hydrogen) atoms. The Hall–Kier alpha value is -1.49. The van der Waals surface area contributed by atoms with Gasteiger partial charge in [0.25, 0.3) is 0 Å². The summed E-state index contributed by atoms with van der Waals surface area (Å²) in [6, 6.07) is 7.29. The van der Waals surface area contributed by atoms with Gasteiger partial charge in [-0.3, -0.25) is 0 Å². The molecule has 0 fully saturated rings. The monoisotopic (exact) mass is 329 g/mol. The predicted octanol–water partition coefficient (Wildman–Crippen LogP) is 5.04. The first-order valence-corrected chi connectivity index (χ1v) is 6.43. The zero-order valence-electron chi connectivity index (χ0n) is 10.1. The molecule has 0 aromatic heterocycles. The van der Waals surface area contributed by atoms with Crippen molar-refractivity contribution in [1.29, 1.82) is 0 Å². The summed E-state index contributed by atoms with van der Waals surface area (Å²) in [7, 11) is 0. The maximum absolute atomic E-state index is 13.6. The molecule has 2 aromatic carbocycles. The summed E-state index contributed by atoms with van der Waals surface area (Å²) in [6.07, 6.45) is 0. The van der Waals surface area contributed by atoms with Crippen LogP contribution < -0.4 is 5.32 Å². The summed E-state index contributed by atoms with van der Waals surface area (Å²) < 4.78 is 40.7. The first kappa shape index (κ1) is 13.9. The Kier molecular flexibility index (Phi) is 4.14. The molecule has 0 aliphatic rings. The van der Waals surface area contributed by atoms with Gasteiger partial charge in [-0.25, -0.2) is 13.2 Å². The summed E-state index contributed by atoms with van der Waals surface area (Å²) >= 11 is 3.24. The van der Waals surface area contributed by atoms with Crippen LogP contribution in [0.25, 0.3) is 0 Å². The summed E-state index contributed by atoms with van der Waals surface area (Å²) in [5.74, 6) is -1.73. The quantitative estimate of drug-likeness (QED) is 0.831. The average molecular weight is 330 g/mol. The molecule has 0 aliphatic heterocycles. The highest BCUT2D eigenvalue weighted by atomic mass is 79.9. The van der Waals surface area contributed by atoms with Gasteiger partial charge in [0.15, 0.2) is 0 Å². The molecule has 2 aromatic rings.